The molecule has 2 aliphatic rings. The molecule has 6 unspecified atom stereocenters. The van der Waals surface area contributed by atoms with Crippen molar-refractivity contribution in [1.29, 1.82) is 0 Å². The number of ether oxygens (including phenoxy) is 2. The Hall–Kier alpha value is -3.07. The number of carbonyl (C=O) groups is 2. The monoisotopic (exact) mass is 626 g/mol. The summed E-state index contributed by atoms with van der Waals surface area (Å²) in [5, 5.41) is 20.6. The van der Waals surface area contributed by atoms with Gasteiger partial charge in [-0.25, -0.2) is 4.79 Å². The number of carbonyl (C=O) groups excluding carboxylic acids is 1. The van der Waals surface area contributed by atoms with Crippen LogP contribution in [0.25, 0.3) is 0 Å². The molecule has 8 nitrogen and oxygen atoms in total. The number of aliphatic hydroxyl groups is 1. The summed E-state index contributed by atoms with van der Waals surface area (Å²) >= 11 is 6.39. The fraction of sp³-hybridized carbons (Fsp3) is 0.543. The van der Waals surface area contributed by atoms with E-state index in [1.807, 2.05) is 20.0 Å². The lowest BCUT2D eigenvalue weighted by Gasteiger charge is -2.43. The van der Waals surface area contributed by atoms with Crippen LogP contribution in [-0.2, 0) is 20.7 Å². The summed E-state index contributed by atoms with van der Waals surface area (Å²) in [6.45, 7) is 7.69. The van der Waals surface area contributed by atoms with E-state index in [0.29, 0.717) is 36.3 Å². The minimum absolute atomic E-state index is 0.0466. The fourth-order valence-electron chi connectivity index (χ4n) is 6.45. The summed E-state index contributed by atoms with van der Waals surface area (Å²) in [5.41, 5.74) is 3.56. The maximum Gasteiger partial charge on any atom is 0.337 e. The number of aliphatic hydroxyl groups excluding tert-OH is 1. The van der Waals surface area contributed by atoms with E-state index in [0.717, 1.165) is 49.4 Å². The molecule has 2 aromatic rings. The molecule has 2 aromatic carbocycles. The van der Waals surface area contributed by atoms with Gasteiger partial charge in [0, 0.05) is 51.2 Å². The molecule has 1 aliphatic carbocycles. The average Bonchev–Trinajstić information content (AvgIpc) is 3.16. The summed E-state index contributed by atoms with van der Waals surface area (Å²) in [7, 11) is 3.57. The van der Waals surface area contributed by atoms with Crippen molar-refractivity contribution in [2.75, 3.05) is 38.8 Å². The Kier molecular flexibility index (Phi) is 11.7. The second kappa shape index (κ2) is 15.3. The van der Waals surface area contributed by atoms with Gasteiger partial charge in [0.2, 0.25) is 5.91 Å². The number of hydrogen-bond acceptors (Lipinski definition) is 6. The van der Waals surface area contributed by atoms with Gasteiger partial charge >= 0.3 is 5.97 Å². The number of amides is 1. The quantitative estimate of drug-likeness (QED) is 0.254. The summed E-state index contributed by atoms with van der Waals surface area (Å²) in [4.78, 5) is 27.4. The zero-order valence-electron chi connectivity index (χ0n) is 26.5. The summed E-state index contributed by atoms with van der Waals surface area (Å²) < 4.78 is 12.3. The molecule has 0 spiro atoms. The Balaban J connectivity index is 1.60. The third-order valence-corrected chi connectivity index (χ3v) is 9.64. The Morgan fingerprint density at radius 1 is 1.23 bits per heavy atom. The maximum absolute atomic E-state index is 11.7. The summed E-state index contributed by atoms with van der Waals surface area (Å²) in [6.07, 6.45) is 7.37. The number of carboxylic acids is 1. The first-order chi connectivity index (χ1) is 21.0. The highest BCUT2D eigenvalue weighted by molar-refractivity contribution is 6.30. The lowest BCUT2D eigenvalue weighted by molar-refractivity contribution is -0.147. The molecule has 240 valence electrons. The van der Waals surface area contributed by atoms with Crippen molar-refractivity contribution < 1.29 is 29.3 Å². The largest absolute Gasteiger partial charge is 0.491 e. The van der Waals surface area contributed by atoms with Crippen LogP contribution in [0.2, 0.25) is 5.02 Å². The van der Waals surface area contributed by atoms with Crippen molar-refractivity contribution in [3.63, 3.8) is 0 Å². The Morgan fingerprint density at radius 2 is 2.00 bits per heavy atom. The van der Waals surface area contributed by atoms with Crippen LogP contribution in [0.15, 0.2) is 48.6 Å². The molecule has 0 saturated heterocycles. The second-order valence-corrected chi connectivity index (χ2v) is 12.8. The van der Waals surface area contributed by atoms with E-state index in [4.69, 9.17) is 21.1 Å². The van der Waals surface area contributed by atoms with Gasteiger partial charge in [-0.1, -0.05) is 49.2 Å². The number of methoxy groups -OCH3 is 1. The molecule has 1 heterocycles. The minimum Gasteiger partial charge on any atom is -0.491 e. The van der Waals surface area contributed by atoms with Crippen molar-refractivity contribution in [2.24, 2.45) is 11.8 Å². The van der Waals surface area contributed by atoms with Crippen LogP contribution < -0.4 is 9.64 Å². The van der Waals surface area contributed by atoms with E-state index in [1.54, 1.807) is 37.1 Å². The van der Waals surface area contributed by atoms with Crippen molar-refractivity contribution in [3.05, 3.63) is 70.3 Å². The first kappa shape index (κ1) is 33.8. The van der Waals surface area contributed by atoms with Gasteiger partial charge in [0.25, 0.3) is 0 Å². The maximum atomic E-state index is 11.7. The predicted molar refractivity (Wildman–Crippen MR) is 174 cm³/mol. The van der Waals surface area contributed by atoms with Crippen molar-refractivity contribution >= 4 is 29.2 Å². The topological polar surface area (TPSA) is 99.5 Å². The average molecular weight is 627 g/mol. The highest BCUT2D eigenvalue weighted by Gasteiger charge is 2.39. The number of halogens is 1. The van der Waals surface area contributed by atoms with Gasteiger partial charge in [-0.05, 0) is 85.4 Å². The molecule has 4 rings (SSSR count). The van der Waals surface area contributed by atoms with Crippen LogP contribution in [0.4, 0.5) is 5.69 Å². The molecular weight excluding hydrogens is 580 g/mol. The molecule has 9 heteroatoms. The normalized spacial score (nSPS) is 21.9. The highest BCUT2D eigenvalue weighted by atomic mass is 35.5. The molecule has 0 bridgehead atoms. The van der Waals surface area contributed by atoms with Crippen LogP contribution in [0, 0.1) is 11.8 Å². The predicted octanol–water partition coefficient (Wildman–Crippen LogP) is 6.25. The zero-order valence-corrected chi connectivity index (χ0v) is 27.3. The van der Waals surface area contributed by atoms with Crippen molar-refractivity contribution in [1.82, 2.24) is 4.90 Å². The molecule has 0 aromatic heterocycles. The molecule has 44 heavy (non-hydrogen) atoms. The standard InChI is InChI=1S/C35H47ClN2O6/c1-6-8-24-17-28(36)13-15-29(24)27-20-38(31-18-25(34(40)35(41)42)12-16-33(31)44-21-27)19-26-11-14-30(26)32(43-5)10-7-9-22(2)37(4)23(3)39/h7,10,12-13,15-18,22,26-27,30,32,34,40H,6,8-9,11,14,19-21H2,1-5H3,(H,41,42)/b10-7+. The van der Waals surface area contributed by atoms with Gasteiger partial charge in [0.15, 0.2) is 6.10 Å². The van der Waals surface area contributed by atoms with Gasteiger partial charge in [0.1, 0.15) is 5.75 Å². The van der Waals surface area contributed by atoms with Crippen molar-refractivity contribution in [2.45, 2.75) is 77.0 Å². The van der Waals surface area contributed by atoms with Crippen LogP contribution >= 0.6 is 11.6 Å². The SMILES string of the molecule is CCCc1cc(Cl)ccc1C1COc2ccc(C(O)C(=O)O)cc2N(CC2CCC2C(/C=C/CC(C)N(C)C(C)=O)OC)C1. The lowest BCUT2D eigenvalue weighted by Crippen LogP contribution is -2.44. The van der Waals surface area contributed by atoms with Gasteiger partial charge in [-0.15, -0.1) is 0 Å². The number of aryl methyl sites for hydroxylation is 1. The number of anilines is 1. The summed E-state index contributed by atoms with van der Waals surface area (Å²) in [6, 6.07) is 11.4. The zero-order chi connectivity index (χ0) is 32.0. The van der Waals surface area contributed by atoms with E-state index >= 15 is 0 Å². The number of aliphatic carboxylic acids is 1. The van der Waals surface area contributed by atoms with Gasteiger partial charge in [-0.2, -0.15) is 0 Å². The smallest absolute Gasteiger partial charge is 0.337 e. The number of carboxylic acid groups (broad SMARTS) is 1. The fourth-order valence-corrected chi connectivity index (χ4v) is 6.65. The number of nitrogens with zero attached hydrogens (tertiary/aromatic N) is 2. The second-order valence-electron chi connectivity index (χ2n) is 12.3. The number of benzene rings is 2. The Bertz CT molecular complexity index is 1330. The molecule has 1 aliphatic heterocycles. The van der Waals surface area contributed by atoms with Gasteiger partial charge in [0.05, 0.1) is 18.4 Å². The van der Waals surface area contributed by atoms with Crippen molar-refractivity contribution in [3.8, 4) is 5.75 Å². The van der Waals surface area contributed by atoms with E-state index in [1.165, 1.54) is 11.1 Å². The van der Waals surface area contributed by atoms with E-state index in [2.05, 4.69) is 36.1 Å². The van der Waals surface area contributed by atoms with E-state index in [-0.39, 0.29) is 24.0 Å². The van der Waals surface area contributed by atoms with E-state index < -0.39 is 12.1 Å². The van der Waals surface area contributed by atoms with Crippen LogP contribution in [-0.4, -0.2) is 73.0 Å². The highest BCUT2D eigenvalue weighted by Crippen LogP contribution is 2.43. The molecule has 1 saturated carbocycles. The first-order valence-corrected chi connectivity index (χ1v) is 16.1. The number of hydrogen-bond donors (Lipinski definition) is 2. The Labute approximate surface area is 266 Å². The third-order valence-electron chi connectivity index (χ3n) is 9.40. The molecule has 1 amide bonds. The van der Waals surface area contributed by atoms with Gasteiger partial charge in [-0.3, -0.25) is 4.79 Å². The molecule has 0 radical (unpaired) electrons. The number of rotatable bonds is 13. The minimum atomic E-state index is -1.61. The summed E-state index contributed by atoms with van der Waals surface area (Å²) in [5.74, 6) is 0.191. The molecular formula is C35H47ClN2O6. The van der Waals surface area contributed by atoms with Crippen LogP contribution in [0.5, 0.6) is 5.75 Å². The van der Waals surface area contributed by atoms with Crippen LogP contribution in [0.3, 0.4) is 0 Å². The third kappa shape index (κ3) is 7.95. The van der Waals surface area contributed by atoms with E-state index in [9.17, 15) is 19.8 Å². The Morgan fingerprint density at radius 3 is 2.64 bits per heavy atom. The first-order valence-electron chi connectivity index (χ1n) is 15.7. The van der Waals surface area contributed by atoms with Gasteiger partial charge < -0.3 is 29.5 Å². The van der Waals surface area contributed by atoms with Crippen LogP contribution in [0.1, 0.15) is 75.2 Å². The molecule has 1 fully saturated rings. The molecule has 2 N–H and O–H groups in total. The number of fused-ring (bicyclic) bond motifs is 1. The lowest BCUT2D eigenvalue weighted by atomic mass is 9.70. The molecule has 6 atom stereocenters.